The quantitative estimate of drug-likeness (QED) is 0.829. The van der Waals surface area contributed by atoms with Crippen LogP contribution >= 0.6 is 11.3 Å². The molecule has 20 heavy (non-hydrogen) atoms. The van der Waals surface area contributed by atoms with Gasteiger partial charge in [-0.25, -0.2) is 4.98 Å². The van der Waals surface area contributed by atoms with E-state index in [1.165, 1.54) is 15.4 Å². The van der Waals surface area contributed by atoms with Gasteiger partial charge in [-0.1, -0.05) is 32.9 Å². The number of phenolic OH excluding ortho intramolecular Hbond substituents is 1. The zero-order valence-corrected chi connectivity index (χ0v) is 13.1. The molecular weight excluding hydrogens is 268 g/mol. The fourth-order valence-electron chi connectivity index (χ4n) is 1.84. The summed E-state index contributed by atoms with van der Waals surface area (Å²) < 4.78 is 0. The monoisotopic (exact) mass is 290 g/mol. The standard InChI is InChI=1S/C16H22N2OS/c1-16(2,3)15-18-11-14(20-15)10-17-9-8-12-4-6-13(19)7-5-12/h4-7,11,17,19H,8-10H2,1-3H3. The molecule has 0 saturated carbocycles. The number of rotatable bonds is 5. The molecule has 0 fully saturated rings. The number of nitrogens with zero attached hydrogens (tertiary/aromatic N) is 1. The number of phenols is 1. The predicted molar refractivity (Wildman–Crippen MR) is 84.3 cm³/mol. The molecule has 0 spiro atoms. The molecule has 2 rings (SSSR count). The topological polar surface area (TPSA) is 45.2 Å². The van der Waals surface area contributed by atoms with E-state index in [0.717, 1.165) is 19.5 Å². The number of nitrogens with one attached hydrogen (secondary N) is 1. The molecule has 0 bridgehead atoms. The Kier molecular flexibility index (Phi) is 4.78. The molecular formula is C16H22N2OS. The predicted octanol–water partition coefficient (Wildman–Crippen LogP) is 3.48. The van der Waals surface area contributed by atoms with Gasteiger partial charge in [0, 0.05) is 23.0 Å². The van der Waals surface area contributed by atoms with Crippen LogP contribution in [0.3, 0.4) is 0 Å². The lowest BCUT2D eigenvalue weighted by Gasteiger charge is -2.13. The first-order chi connectivity index (χ1) is 9.45. The number of hydrogen-bond donors (Lipinski definition) is 2. The lowest BCUT2D eigenvalue weighted by atomic mass is 9.98. The first-order valence-corrected chi connectivity index (χ1v) is 7.70. The first-order valence-electron chi connectivity index (χ1n) is 6.89. The summed E-state index contributed by atoms with van der Waals surface area (Å²) in [5.41, 5.74) is 1.37. The van der Waals surface area contributed by atoms with Crippen molar-refractivity contribution in [1.29, 1.82) is 0 Å². The number of thiazole rings is 1. The van der Waals surface area contributed by atoms with Crippen LogP contribution in [-0.4, -0.2) is 16.6 Å². The van der Waals surface area contributed by atoms with Gasteiger partial charge in [0.25, 0.3) is 0 Å². The zero-order valence-electron chi connectivity index (χ0n) is 12.3. The Labute approximate surface area is 124 Å². The highest BCUT2D eigenvalue weighted by Crippen LogP contribution is 2.26. The summed E-state index contributed by atoms with van der Waals surface area (Å²) >= 11 is 1.78. The van der Waals surface area contributed by atoms with Gasteiger partial charge in [-0.2, -0.15) is 0 Å². The number of aromatic nitrogens is 1. The van der Waals surface area contributed by atoms with E-state index >= 15 is 0 Å². The van der Waals surface area contributed by atoms with Gasteiger partial charge >= 0.3 is 0 Å². The fraction of sp³-hybridized carbons (Fsp3) is 0.438. The smallest absolute Gasteiger partial charge is 0.115 e. The lowest BCUT2D eigenvalue weighted by Crippen LogP contribution is -2.15. The van der Waals surface area contributed by atoms with E-state index < -0.39 is 0 Å². The van der Waals surface area contributed by atoms with Crippen molar-refractivity contribution in [2.45, 2.75) is 39.2 Å². The Balaban J connectivity index is 1.76. The fourth-order valence-corrected chi connectivity index (χ4v) is 2.78. The van der Waals surface area contributed by atoms with Gasteiger partial charge in [0.15, 0.2) is 0 Å². The van der Waals surface area contributed by atoms with Crippen LogP contribution in [0.1, 0.15) is 36.2 Å². The normalized spacial score (nSPS) is 11.8. The lowest BCUT2D eigenvalue weighted by molar-refractivity contribution is 0.475. The van der Waals surface area contributed by atoms with E-state index in [1.807, 2.05) is 18.3 Å². The van der Waals surface area contributed by atoms with Crippen LogP contribution in [0.15, 0.2) is 30.5 Å². The molecule has 108 valence electrons. The van der Waals surface area contributed by atoms with Gasteiger partial charge in [-0.05, 0) is 30.7 Å². The summed E-state index contributed by atoms with van der Waals surface area (Å²) in [6.45, 7) is 8.36. The van der Waals surface area contributed by atoms with Gasteiger partial charge in [0.05, 0.1) is 5.01 Å². The molecule has 0 atom stereocenters. The van der Waals surface area contributed by atoms with Crippen LogP contribution in [0.5, 0.6) is 5.75 Å². The third-order valence-electron chi connectivity index (χ3n) is 3.02. The van der Waals surface area contributed by atoms with Crippen LogP contribution in [-0.2, 0) is 18.4 Å². The summed E-state index contributed by atoms with van der Waals surface area (Å²) in [7, 11) is 0. The van der Waals surface area contributed by atoms with Crippen molar-refractivity contribution in [3.8, 4) is 5.75 Å². The SMILES string of the molecule is CC(C)(C)c1ncc(CNCCc2ccc(O)cc2)s1. The minimum Gasteiger partial charge on any atom is -0.508 e. The zero-order chi connectivity index (χ0) is 14.6. The van der Waals surface area contributed by atoms with E-state index in [4.69, 9.17) is 0 Å². The molecule has 0 unspecified atom stereocenters. The molecule has 0 aliphatic carbocycles. The van der Waals surface area contributed by atoms with Crippen molar-refractivity contribution in [1.82, 2.24) is 10.3 Å². The summed E-state index contributed by atoms with van der Waals surface area (Å²) in [6, 6.07) is 7.38. The van der Waals surface area contributed by atoms with E-state index in [9.17, 15) is 5.11 Å². The van der Waals surface area contributed by atoms with Crippen LogP contribution in [0.4, 0.5) is 0 Å². The Morgan fingerprint density at radius 1 is 1.20 bits per heavy atom. The molecule has 0 radical (unpaired) electrons. The molecule has 1 aromatic carbocycles. The molecule has 0 aliphatic heterocycles. The maximum atomic E-state index is 9.22. The van der Waals surface area contributed by atoms with Gasteiger partial charge in [-0.3, -0.25) is 0 Å². The Morgan fingerprint density at radius 2 is 1.90 bits per heavy atom. The summed E-state index contributed by atoms with van der Waals surface area (Å²) in [5.74, 6) is 0.320. The second-order valence-electron chi connectivity index (χ2n) is 5.97. The molecule has 4 heteroatoms. The average Bonchev–Trinajstić information content (AvgIpc) is 2.85. The van der Waals surface area contributed by atoms with Crippen molar-refractivity contribution in [3.05, 3.63) is 45.9 Å². The van der Waals surface area contributed by atoms with Crippen LogP contribution in [0.2, 0.25) is 0 Å². The van der Waals surface area contributed by atoms with Crippen LogP contribution in [0, 0.1) is 0 Å². The van der Waals surface area contributed by atoms with Gasteiger partial charge in [0.2, 0.25) is 0 Å². The second kappa shape index (κ2) is 6.37. The third kappa shape index (κ3) is 4.32. The van der Waals surface area contributed by atoms with E-state index in [0.29, 0.717) is 5.75 Å². The molecule has 0 saturated heterocycles. The highest BCUT2D eigenvalue weighted by molar-refractivity contribution is 7.11. The van der Waals surface area contributed by atoms with E-state index in [-0.39, 0.29) is 5.41 Å². The minimum atomic E-state index is 0.134. The Morgan fingerprint density at radius 3 is 2.50 bits per heavy atom. The van der Waals surface area contributed by atoms with Gasteiger partial charge in [0.1, 0.15) is 5.75 Å². The molecule has 0 amide bonds. The van der Waals surface area contributed by atoms with Crippen molar-refractivity contribution in [2.24, 2.45) is 0 Å². The van der Waals surface area contributed by atoms with Crippen molar-refractivity contribution >= 4 is 11.3 Å². The van der Waals surface area contributed by atoms with Crippen molar-refractivity contribution in [3.63, 3.8) is 0 Å². The maximum absolute atomic E-state index is 9.22. The largest absolute Gasteiger partial charge is 0.508 e. The highest BCUT2D eigenvalue weighted by Gasteiger charge is 2.17. The highest BCUT2D eigenvalue weighted by atomic mass is 32.1. The second-order valence-corrected chi connectivity index (χ2v) is 7.09. The average molecular weight is 290 g/mol. The minimum absolute atomic E-state index is 0.134. The van der Waals surface area contributed by atoms with E-state index in [1.54, 1.807) is 23.5 Å². The number of hydrogen-bond acceptors (Lipinski definition) is 4. The number of benzene rings is 1. The molecule has 2 N–H and O–H groups in total. The van der Waals surface area contributed by atoms with Crippen molar-refractivity contribution < 1.29 is 5.11 Å². The van der Waals surface area contributed by atoms with Crippen LogP contribution < -0.4 is 5.32 Å². The molecule has 0 aliphatic rings. The van der Waals surface area contributed by atoms with Gasteiger partial charge in [-0.15, -0.1) is 11.3 Å². The summed E-state index contributed by atoms with van der Waals surface area (Å²) in [5, 5.41) is 13.8. The Bertz CT molecular complexity index is 540. The molecule has 1 aromatic heterocycles. The molecule has 3 nitrogen and oxygen atoms in total. The summed E-state index contributed by atoms with van der Waals surface area (Å²) in [4.78, 5) is 5.76. The Hall–Kier alpha value is -1.39. The van der Waals surface area contributed by atoms with E-state index in [2.05, 4.69) is 31.1 Å². The number of aromatic hydroxyl groups is 1. The molecule has 2 aromatic rings. The van der Waals surface area contributed by atoms with Crippen LogP contribution in [0.25, 0.3) is 0 Å². The maximum Gasteiger partial charge on any atom is 0.115 e. The first kappa shape index (κ1) is 15.0. The summed E-state index contributed by atoms with van der Waals surface area (Å²) in [6.07, 6.45) is 2.93. The van der Waals surface area contributed by atoms with Crippen molar-refractivity contribution in [2.75, 3.05) is 6.54 Å². The molecule has 1 heterocycles. The third-order valence-corrected chi connectivity index (χ3v) is 4.44. The van der Waals surface area contributed by atoms with Gasteiger partial charge < -0.3 is 10.4 Å².